The third-order valence-electron chi connectivity index (χ3n) is 9.80. The molecule has 0 amide bonds. The summed E-state index contributed by atoms with van der Waals surface area (Å²) in [4.78, 5) is 2.36. The molecule has 0 aliphatic carbocycles. The molecule has 0 saturated heterocycles. The summed E-state index contributed by atoms with van der Waals surface area (Å²) in [6, 6.07) is 63.4. The van der Waals surface area contributed by atoms with E-state index in [1.54, 1.807) is 0 Å². The van der Waals surface area contributed by atoms with Gasteiger partial charge in [0.25, 0.3) is 0 Å². The monoisotopic (exact) mass is 611 g/mol. The number of rotatable bonds is 4. The lowest BCUT2D eigenvalue weighted by molar-refractivity contribution is 0.669. The Hall–Kier alpha value is -6.38. The van der Waals surface area contributed by atoms with Crippen molar-refractivity contribution in [1.29, 1.82) is 0 Å². The van der Waals surface area contributed by atoms with E-state index in [-0.39, 0.29) is 0 Å². The van der Waals surface area contributed by atoms with Crippen LogP contribution in [0.1, 0.15) is 0 Å². The van der Waals surface area contributed by atoms with E-state index in [0.717, 1.165) is 39.0 Å². The minimum Gasteiger partial charge on any atom is -0.456 e. The van der Waals surface area contributed by atoms with Crippen LogP contribution in [0, 0.1) is 0 Å². The van der Waals surface area contributed by atoms with Gasteiger partial charge >= 0.3 is 0 Å². The largest absolute Gasteiger partial charge is 0.456 e. The smallest absolute Gasteiger partial charge is 0.135 e. The molecule has 0 N–H and O–H groups in total. The van der Waals surface area contributed by atoms with Crippen molar-refractivity contribution in [3.8, 4) is 11.1 Å². The van der Waals surface area contributed by atoms with Gasteiger partial charge in [0.1, 0.15) is 11.2 Å². The lowest BCUT2D eigenvalue weighted by Gasteiger charge is -2.26. The molecule has 9 aromatic carbocycles. The van der Waals surface area contributed by atoms with Crippen molar-refractivity contribution in [3.63, 3.8) is 0 Å². The van der Waals surface area contributed by atoms with Gasteiger partial charge in [-0.15, -0.1) is 0 Å². The van der Waals surface area contributed by atoms with Crippen LogP contribution in [0.4, 0.5) is 17.1 Å². The molecule has 0 aliphatic rings. The van der Waals surface area contributed by atoms with Gasteiger partial charge in [0.05, 0.1) is 0 Å². The van der Waals surface area contributed by atoms with Crippen LogP contribution < -0.4 is 4.90 Å². The van der Waals surface area contributed by atoms with Gasteiger partial charge in [-0.3, -0.25) is 0 Å². The van der Waals surface area contributed by atoms with Gasteiger partial charge in [0.15, 0.2) is 0 Å². The lowest BCUT2D eigenvalue weighted by Crippen LogP contribution is -2.09. The summed E-state index contributed by atoms with van der Waals surface area (Å²) in [6.07, 6.45) is 0. The molecule has 0 spiro atoms. The molecule has 0 saturated carbocycles. The lowest BCUT2D eigenvalue weighted by atomic mass is 9.93. The summed E-state index contributed by atoms with van der Waals surface area (Å²) in [6.45, 7) is 0. The maximum absolute atomic E-state index is 6.21. The van der Waals surface area contributed by atoms with E-state index in [4.69, 9.17) is 4.42 Å². The first-order valence-corrected chi connectivity index (χ1v) is 16.4. The van der Waals surface area contributed by atoms with Gasteiger partial charge in [-0.25, -0.2) is 0 Å². The highest BCUT2D eigenvalue weighted by molar-refractivity contribution is 6.27. The maximum atomic E-state index is 6.21. The third-order valence-corrected chi connectivity index (χ3v) is 9.80. The predicted molar refractivity (Wildman–Crippen MR) is 204 cm³/mol. The number of hydrogen-bond donors (Lipinski definition) is 0. The molecule has 10 rings (SSSR count). The fraction of sp³-hybridized carbons (Fsp3) is 0. The van der Waals surface area contributed by atoms with E-state index in [9.17, 15) is 0 Å². The molecular weight excluding hydrogens is 583 g/mol. The molecule has 0 fully saturated rings. The Balaban J connectivity index is 1.20. The zero-order valence-corrected chi connectivity index (χ0v) is 26.1. The molecule has 0 unspecified atom stereocenters. The molecule has 224 valence electrons. The van der Waals surface area contributed by atoms with Crippen molar-refractivity contribution >= 4 is 82.1 Å². The summed E-state index contributed by atoms with van der Waals surface area (Å²) in [5.41, 5.74) is 7.48. The number of benzene rings is 9. The minimum absolute atomic E-state index is 0.892. The van der Waals surface area contributed by atoms with E-state index in [2.05, 4.69) is 169 Å². The second kappa shape index (κ2) is 10.6. The zero-order chi connectivity index (χ0) is 31.6. The standard InChI is InChI=1S/C46H29NO/c1-2-8-30(9-3-1)31-20-22-36(23-21-31)47(38-25-27-44-42(29-38)41-12-6-7-13-43(41)48-44)37-24-26-40-35(28-37)19-18-34-17-16-33-15-14-32-10-4-5-11-39(32)45(33)46(34)40/h1-29H. The van der Waals surface area contributed by atoms with Gasteiger partial charge in [0, 0.05) is 27.8 Å². The van der Waals surface area contributed by atoms with Gasteiger partial charge in [0.2, 0.25) is 0 Å². The van der Waals surface area contributed by atoms with Crippen molar-refractivity contribution in [3.05, 3.63) is 176 Å². The fourth-order valence-electron chi connectivity index (χ4n) is 7.51. The van der Waals surface area contributed by atoms with Crippen LogP contribution in [0.25, 0.3) is 76.2 Å². The molecular formula is C46H29NO. The predicted octanol–water partition coefficient (Wildman–Crippen LogP) is 13.3. The third kappa shape index (κ3) is 4.20. The number of hydrogen-bond acceptors (Lipinski definition) is 2. The van der Waals surface area contributed by atoms with E-state index in [1.807, 2.05) is 12.1 Å². The number of anilines is 3. The van der Waals surface area contributed by atoms with Gasteiger partial charge < -0.3 is 9.32 Å². The van der Waals surface area contributed by atoms with Crippen LogP contribution >= 0.6 is 0 Å². The number of furan rings is 1. The van der Waals surface area contributed by atoms with E-state index in [1.165, 1.54) is 54.2 Å². The number of nitrogens with zero attached hydrogens (tertiary/aromatic N) is 1. The molecule has 48 heavy (non-hydrogen) atoms. The van der Waals surface area contributed by atoms with Crippen LogP contribution in [-0.4, -0.2) is 0 Å². The topological polar surface area (TPSA) is 16.4 Å². The molecule has 0 atom stereocenters. The Morgan fingerprint density at radius 3 is 1.65 bits per heavy atom. The molecule has 0 bridgehead atoms. The first-order chi connectivity index (χ1) is 23.8. The van der Waals surface area contributed by atoms with Crippen LogP contribution in [0.5, 0.6) is 0 Å². The van der Waals surface area contributed by atoms with Crippen LogP contribution in [0.15, 0.2) is 180 Å². The van der Waals surface area contributed by atoms with Crippen molar-refractivity contribution < 1.29 is 4.42 Å². The van der Waals surface area contributed by atoms with E-state index in [0.29, 0.717) is 0 Å². The molecule has 0 aliphatic heterocycles. The first-order valence-electron chi connectivity index (χ1n) is 16.4. The van der Waals surface area contributed by atoms with Crippen molar-refractivity contribution in [2.24, 2.45) is 0 Å². The number of fused-ring (bicyclic) bond motifs is 10. The normalized spacial score (nSPS) is 11.8. The van der Waals surface area contributed by atoms with E-state index >= 15 is 0 Å². The molecule has 2 heteroatoms. The van der Waals surface area contributed by atoms with Crippen LogP contribution in [0.3, 0.4) is 0 Å². The Morgan fingerprint density at radius 2 is 0.854 bits per heavy atom. The average molecular weight is 612 g/mol. The Morgan fingerprint density at radius 1 is 0.312 bits per heavy atom. The summed E-state index contributed by atoms with van der Waals surface area (Å²) in [7, 11) is 0. The summed E-state index contributed by atoms with van der Waals surface area (Å²) < 4.78 is 6.21. The van der Waals surface area contributed by atoms with E-state index < -0.39 is 0 Å². The highest BCUT2D eigenvalue weighted by atomic mass is 16.3. The zero-order valence-electron chi connectivity index (χ0n) is 26.1. The molecule has 1 aromatic heterocycles. The fourth-order valence-corrected chi connectivity index (χ4v) is 7.51. The molecule has 2 nitrogen and oxygen atoms in total. The highest BCUT2D eigenvalue weighted by Crippen LogP contribution is 2.42. The van der Waals surface area contributed by atoms with Crippen LogP contribution in [-0.2, 0) is 0 Å². The average Bonchev–Trinajstić information content (AvgIpc) is 3.53. The van der Waals surface area contributed by atoms with Gasteiger partial charge in [-0.2, -0.15) is 0 Å². The quantitative estimate of drug-likeness (QED) is 0.184. The molecule has 0 radical (unpaired) electrons. The van der Waals surface area contributed by atoms with Crippen molar-refractivity contribution in [1.82, 2.24) is 0 Å². The minimum atomic E-state index is 0.892. The van der Waals surface area contributed by atoms with Crippen LogP contribution in [0.2, 0.25) is 0 Å². The molecule has 10 aromatic rings. The first kappa shape index (κ1) is 26.8. The maximum Gasteiger partial charge on any atom is 0.135 e. The second-order valence-corrected chi connectivity index (χ2v) is 12.5. The Kier molecular flexibility index (Phi) is 5.91. The SMILES string of the molecule is c1ccc(-c2ccc(N(c3ccc4c(ccc5ccc6ccc7ccccc7c6c54)c3)c3ccc4oc5ccccc5c4c3)cc2)cc1. The summed E-state index contributed by atoms with van der Waals surface area (Å²) in [5.74, 6) is 0. The highest BCUT2D eigenvalue weighted by Gasteiger charge is 2.17. The van der Waals surface area contributed by atoms with Crippen molar-refractivity contribution in [2.75, 3.05) is 4.90 Å². The number of para-hydroxylation sites is 1. The Labute approximate surface area is 277 Å². The second-order valence-electron chi connectivity index (χ2n) is 12.5. The van der Waals surface area contributed by atoms with Gasteiger partial charge in [-0.05, 0) is 103 Å². The summed E-state index contributed by atoms with van der Waals surface area (Å²) >= 11 is 0. The Bertz CT molecular complexity index is 2820. The summed E-state index contributed by atoms with van der Waals surface area (Å²) in [5, 5.41) is 12.4. The molecule has 1 heterocycles. The van der Waals surface area contributed by atoms with Crippen molar-refractivity contribution in [2.45, 2.75) is 0 Å². The van der Waals surface area contributed by atoms with Gasteiger partial charge in [-0.1, -0.05) is 127 Å².